The zero-order valence-corrected chi connectivity index (χ0v) is 14.8. The van der Waals surface area contributed by atoms with Gasteiger partial charge in [-0.1, -0.05) is 24.4 Å². The lowest BCUT2D eigenvalue weighted by Crippen LogP contribution is -2.38. The Labute approximate surface area is 155 Å². The summed E-state index contributed by atoms with van der Waals surface area (Å²) in [6.45, 7) is 0.201. The number of rotatable bonds is 5. The van der Waals surface area contributed by atoms with E-state index in [0.29, 0.717) is 17.1 Å². The molecule has 3 aromatic rings. The van der Waals surface area contributed by atoms with Crippen LogP contribution in [0.5, 0.6) is 0 Å². The number of nitrogens with one attached hydrogen (secondary N) is 1. The molecule has 1 aromatic carbocycles. The number of amides is 1. The van der Waals surface area contributed by atoms with Gasteiger partial charge in [-0.25, -0.2) is 9.37 Å². The van der Waals surface area contributed by atoms with Crippen molar-refractivity contribution in [1.29, 1.82) is 0 Å². The molecule has 1 aliphatic carbocycles. The van der Waals surface area contributed by atoms with Crippen molar-refractivity contribution in [1.82, 2.24) is 25.0 Å². The van der Waals surface area contributed by atoms with Crippen molar-refractivity contribution in [2.24, 2.45) is 0 Å². The molecule has 0 bridgehead atoms. The van der Waals surface area contributed by atoms with Gasteiger partial charge < -0.3 is 14.4 Å². The molecule has 0 saturated heterocycles. The van der Waals surface area contributed by atoms with Gasteiger partial charge in [0.25, 0.3) is 5.89 Å². The van der Waals surface area contributed by atoms with Gasteiger partial charge in [-0.3, -0.25) is 4.79 Å². The van der Waals surface area contributed by atoms with E-state index in [9.17, 15) is 9.18 Å². The van der Waals surface area contributed by atoms with E-state index in [1.165, 1.54) is 31.4 Å². The van der Waals surface area contributed by atoms with Gasteiger partial charge in [0.1, 0.15) is 18.1 Å². The third kappa shape index (κ3) is 4.21. The lowest BCUT2D eigenvalue weighted by atomic mass is 9.95. The number of nitrogens with zero attached hydrogens (tertiary/aromatic N) is 4. The maximum Gasteiger partial charge on any atom is 0.258 e. The van der Waals surface area contributed by atoms with E-state index in [4.69, 9.17) is 4.52 Å². The van der Waals surface area contributed by atoms with Gasteiger partial charge in [-0.15, -0.1) is 0 Å². The number of benzene rings is 1. The highest BCUT2D eigenvalue weighted by Gasteiger charge is 2.17. The van der Waals surface area contributed by atoms with Crippen LogP contribution in [0.25, 0.3) is 23.0 Å². The molecule has 1 N–H and O–H groups in total. The Morgan fingerprint density at radius 3 is 2.78 bits per heavy atom. The van der Waals surface area contributed by atoms with E-state index >= 15 is 0 Å². The third-order valence-corrected chi connectivity index (χ3v) is 4.68. The number of halogens is 1. The Balaban J connectivity index is 1.40. The summed E-state index contributed by atoms with van der Waals surface area (Å²) in [4.78, 5) is 20.7. The number of hydrogen-bond acceptors (Lipinski definition) is 5. The van der Waals surface area contributed by atoms with Gasteiger partial charge in [0.05, 0.1) is 6.33 Å². The first kappa shape index (κ1) is 17.4. The van der Waals surface area contributed by atoms with Crippen LogP contribution in [0.1, 0.15) is 32.1 Å². The minimum atomic E-state index is -0.330. The van der Waals surface area contributed by atoms with E-state index in [1.54, 1.807) is 29.2 Å². The summed E-state index contributed by atoms with van der Waals surface area (Å²) in [6, 6.07) is 6.09. The number of imidazole rings is 1. The average Bonchev–Trinajstić information content (AvgIpc) is 3.32. The first-order valence-corrected chi connectivity index (χ1v) is 9.08. The second-order valence-electron chi connectivity index (χ2n) is 6.76. The Bertz CT molecular complexity index is 912. The highest BCUT2D eigenvalue weighted by molar-refractivity contribution is 5.76. The fraction of sp³-hybridized carbons (Fsp3) is 0.368. The molecular formula is C19H20FN5O2. The molecule has 140 valence electrons. The SMILES string of the molecule is O=C(Cn1cnc(-c2noc(-c3ccc(F)cc3)n2)c1)NC1CCCCC1. The van der Waals surface area contributed by atoms with Crippen LogP contribution < -0.4 is 5.32 Å². The molecule has 27 heavy (non-hydrogen) atoms. The van der Waals surface area contributed by atoms with Crippen molar-refractivity contribution in [2.75, 3.05) is 0 Å². The van der Waals surface area contributed by atoms with Crippen LogP contribution in [0.3, 0.4) is 0 Å². The van der Waals surface area contributed by atoms with Crippen molar-refractivity contribution in [3.05, 3.63) is 42.6 Å². The van der Waals surface area contributed by atoms with Crippen molar-refractivity contribution in [3.63, 3.8) is 0 Å². The molecule has 1 aliphatic rings. The number of carbonyl (C=O) groups is 1. The maximum atomic E-state index is 13.0. The summed E-state index contributed by atoms with van der Waals surface area (Å²) >= 11 is 0. The van der Waals surface area contributed by atoms with E-state index in [1.807, 2.05) is 0 Å². The summed E-state index contributed by atoms with van der Waals surface area (Å²) in [5.74, 6) is 0.255. The van der Waals surface area contributed by atoms with Gasteiger partial charge in [-0.2, -0.15) is 4.98 Å². The van der Waals surface area contributed by atoms with E-state index in [2.05, 4.69) is 20.4 Å². The third-order valence-electron chi connectivity index (χ3n) is 4.68. The first-order valence-electron chi connectivity index (χ1n) is 9.08. The van der Waals surface area contributed by atoms with Crippen molar-refractivity contribution in [3.8, 4) is 23.0 Å². The lowest BCUT2D eigenvalue weighted by Gasteiger charge is -2.22. The molecule has 0 aliphatic heterocycles. The average molecular weight is 369 g/mol. The Morgan fingerprint density at radius 1 is 1.22 bits per heavy atom. The van der Waals surface area contributed by atoms with Gasteiger partial charge in [0.15, 0.2) is 0 Å². The van der Waals surface area contributed by atoms with Crippen LogP contribution in [-0.2, 0) is 11.3 Å². The molecule has 4 rings (SSSR count). The summed E-state index contributed by atoms with van der Waals surface area (Å²) in [5.41, 5.74) is 1.14. The van der Waals surface area contributed by atoms with E-state index in [0.717, 1.165) is 12.8 Å². The largest absolute Gasteiger partial charge is 0.352 e. The van der Waals surface area contributed by atoms with E-state index in [-0.39, 0.29) is 30.2 Å². The summed E-state index contributed by atoms with van der Waals surface area (Å²) in [6.07, 6.45) is 8.99. The summed E-state index contributed by atoms with van der Waals surface area (Å²) in [5, 5.41) is 6.99. The molecule has 2 aromatic heterocycles. The van der Waals surface area contributed by atoms with Gasteiger partial charge in [0, 0.05) is 17.8 Å². The number of carbonyl (C=O) groups excluding carboxylic acids is 1. The summed E-state index contributed by atoms with van der Waals surface area (Å²) < 4.78 is 19.9. The standard InChI is InChI=1S/C19H20FN5O2/c20-14-8-6-13(7-9-14)19-23-18(24-27-19)16-10-25(12-21-16)11-17(26)22-15-4-2-1-3-5-15/h6-10,12,15H,1-5,11H2,(H,22,26). The van der Waals surface area contributed by atoms with Crippen molar-refractivity contribution in [2.45, 2.75) is 44.7 Å². The zero-order valence-electron chi connectivity index (χ0n) is 14.8. The highest BCUT2D eigenvalue weighted by atomic mass is 19.1. The van der Waals surface area contributed by atoms with Gasteiger partial charge >= 0.3 is 0 Å². The smallest absolute Gasteiger partial charge is 0.258 e. The van der Waals surface area contributed by atoms with Gasteiger partial charge in [0.2, 0.25) is 11.7 Å². The van der Waals surface area contributed by atoms with Crippen LogP contribution in [-0.4, -0.2) is 31.6 Å². The second kappa shape index (κ2) is 7.69. The Kier molecular flexibility index (Phi) is 4.95. The Morgan fingerprint density at radius 2 is 2.00 bits per heavy atom. The van der Waals surface area contributed by atoms with Crippen LogP contribution in [0, 0.1) is 5.82 Å². The molecule has 0 spiro atoms. The van der Waals surface area contributed by atoms with E-state index < -0.39 is 0 Å². The molecular weight excluding hydrogens is 349 g/mol. The predicted octanol–water partition coefficient (Wildman–Crippen LogP) is 3.19. The van der Waals surface area contributed by atoms with Crippen LogP contribution >= 0.6 is 0 Å². The molecule has 2 heterocycles. The molecule has 0 radical (unpaired) electrons. The maximum absolute atomic E-state index is 13.0. The fourth-order valence-corrected chi connectivity index (χ4v) is 3.29. The lowest BCUT2D eigenvalue weighted by molar-refractivity contribution is -0.122. The molecule has 8 heteroatoms. The van der Waals surface area contributed by atoms with Crippen LogP contribution in [0.2, 0.25) is 0 Å². The highest BCUT2D eigenvalue weighted by Crippen LogP contribution is 2.21. The quantitative estimate of drug-likeness (QED) is 0.746. The summed E-state index contributed by atoms with van der Waals surface area (Å²) in [7, 11) is 0. The van der Waals surface area contributed by atoms with Crippen LogP contribution in [0.4, 0.5) is 4.39 Å². The van der Waals surface area contributed by atoms with Crippen molar-refractivity contribution < 1.29 is 13.7 Å². The molecule has 1 saturated carbocycles. The van der Waals surface area contributed by atoms with Gasteiger partial charge in [-0.05, 0) is 37.1 Å². The monoisotopic (exact) mass is 369 g/mol. The number of hydrogen-bond donors (Lipinski definition) is 1. The normalized spacial score (nSPS) is 15.0. The molecule has 1 amide bonds. The molecule has 1 fully saturated rings. The zero-order chi connectivity index (χ0) is 18.6. The van der Waals surface area contributed by atoms with Crippen LogP contribution in [0.15, 0.2) is 41.3 Å². The molecule has 7 nitrogen and oxygen atoms in total. The topological polar surface area (TPSA) is 85.8 Å². The molecule has 0 atom stereocenters. The minimum absolute atomic E-state index is 0.0223. The molecule has 0 unspecified atom stereocenters. The predicted molar refractivity (Wildman–Crippen MR) is 95.9 cm³/mol. The second-order valence-corrected chi connectivity index (χ2v) is 6.76. The Hall–Kier alpha value is -3.03. The fourth-order valence-electron chi connectivity index (χ4n) is 3.29. The first-order chi connectivity index (χ1) is 13.2. The minimum Gasteiger partial charge on any atom is -0.352 e. The number of aromatic nitrogens is 4. The van der Waals surface area contributed by atoms with Crippen molar-refractivity contribution >= 4 is 5.91 Å².